The van der Waals surface area contributed by atoms with E-state index in [4.69, 9.17) is 9.47 Å². The number of esters is 1. The van der Waals surface area contributed by atoms with Gasteiger partial charge in [-0.1, -0.05) is 51.1 Å². The van der Waals surface area contributed by atoms with Crippen LogP contribution in [-0.2, 0) is 20.9 Å². The van der Waals surface area contributed by atoms with Crippen molar-refractivity contribution in [2.75, 3.05) is 0 Å². The van der Waals surface area contributed by atoms with Crippen molar-refractivity contribution in [3.8, 4) is 0 Å². The topological polar surface area (TPSA) is 55.8 Å². The summed E-state index contributed by atoms with van der Waals surface area (Å²) in [5, 5.41) is 0. The molecule has 1 aliphatic heterocycles. The highest BCUT2D eigenvalue weighted by Crippen LogP contribution is 2.35. The van der Waals surface area contributed by atoms with E-state index in [2.05, 4.69) is 0 Å². The van der Waals surface area contributed by atoms with Gasteiger partial charge in [0.15, 0.2) is 10.3 Å². The van der Waals surface area contributed by atoms with Crippen LogP contribution in [0.4, 0.5) is 4.79 Å². The van der Waals surface area contributed by atoms with Gasteiger partial charge in [-0.05, 0) is 28.2 Å². The first-order chi connectivity index (χ1) is 9.80. The highest BCUT2D eigenvalue weighted by molar-refractivity contribution is 14.1. The van der Waals surface area contributed by atoms with E-state index in [0.29, 0.717) is 0 Å². The largest absolute Gasteiger partial charge is 0.444 e. The molecule has 21 heavy (non-hydrogen) atoms. The van der Waals surface area contributed by atoms with Crippen molar-refractivity contribution >= 4 is 34.7 Å². The Morgan fingerprint density at radius 3 is 2.52 bits per heavy atom. The first-order valence-corrected chi connectivity index (χ1v) is 7.89. The van der Waals surface area contributed by atoms with E-state index in [9.17, 15) is 9.59 Å². The second-order valence-corrected chi connectivity index (χ2v) is 7.12. The van der Waals surface area contributed by atoms with E-state index in [0.717, 1.165) is 5.56 Å². The Hall–Kier alpha value is -1.31. The number of nitrogens with zero attached hydrogens (tertiary/aromatic N) is 1. The number of benzene rings is 1. The maximum Gasteiger partial charge on any atom is 0.414 e. The van der Waals surface area contributed by atoms with Gasteiger partial charge in [-0.2, -0.15) is 0 Å². The number of cyclic esters (lactones) is 1. The van der Waals surface area contributed by atoms with E-state index in [1.165, 1.54) is 4.90 Å². The summed E-state index contributed by atoms with van der Waals surface area (Å²) < 4.78 is 9.95. The van der Waals surface area contributed by atoms with E-state index < -0.39 is 22.3 Å². The minimum atomic E-state index is -0.657. The number of alkyl halides is 1. The summed E-state index contributed by atoms with van der Waals surface area (Å²) in [6.45, 7) is 5.91. The Morgan fingerprint density at radius 2 is 1.95 bits per heavy atom. The zero-order chi connectivity index (χ0) is 15.6. The molecule has 0 bridgehead atoms. The average molecular weight is 403 g/mol. The van der Waals surface area contributed by atoms with Crippen LogP contribution in [0.15, 0.2) is 30.3 Å². The van der Waals surface area contributed by atoms with Gasteiger partial charge in [-0.3, -0.25) is 0 Å². The molecule has 1 aromatic carbocycles. The van der Waals surface area contributed by atoms with Crippen LogP contribution < -0.4 is 0 Å². The van der Waals surface area contributed by atoms with Crippen LogP contribution >= 0.6 is 22.6 Å². The summed E-state index contributed by atoms with van der Waals surface area (Å²) in [4.78, 5) is 25.4. The summed E-state index contributed by atoms with van der Waals surface area (Å²) >= 11 is 1.90. The van der Waals surface area contributed by atoms with Crippen molar-refractivity contribution in [3.05, 3.63) is 35.9 Å². The van der Waals surface area contributed by atoms with Crippen LogP contribution in [0, 0.1) is 5.41 Å². The van der Waals surface area contributed by atoms with Crippen LogP contribution in [0.1, 0.15) is 26.3 Å². The Bertz CT molecular complexity index is 526. The van der Waals surface area contributed by atoms with Gasteiger partial charge < -0.3 is 9.47 Å². The van der Waals surface area contributed by atoms with Gasteiger partial charge in [0.25, 0.3) is 0 Å². The van der Waals surface area contributed by atoms with Gasteiger partial charge in [0.1, 0.15) is 6.61 Å². The molecule has 0 aliphatic carbocycles. The van der Waals surface area contributed by atoms with Crippen LogP contribution in [0.5, 0.6) is 0 Å². The maximum atomic E-state index is 12.3. The number of hydrogen-bond acceptors (Lipinski definition) is 4. The fourth-order valence-corrected chi connectivity index (χ4v) is 2.70. The molecule has 2 rings (SSSR count). The lowest BCUT2D eigenvalue weighted by Gasteiger charge is -2.32. The van der Waals surface area contributed by atoms with Gasteiger partial charge in [0.05, 0.1) is 0 Å². The minimum Gasteiger partial charge on any atom is -0.444 e. The van der Waals surface area contributed by atoms with Gasteiger partial charge in [-0.25, -0.2) is 14.5 Å². The normalized spacial score (nSPS) is 22.1. The molecule has 0 unspecified atom stereocenters. The molecule has 1 amide bonds. The molecule has 0 saturated carbocycles. The van der Waals surface area contributed by atoms with Crippen molar-refractivity contribution in [2.45, 2.75) is 37.7 Å². The Labute approximate surface area is 137 Å². The second-order valence-electron chi connectivity index (χ2n) is 5.94. The summed E-state index contributed by atoms with van der Waals surface area (Å²) in [6.07, 6.45) is -1.15. The third kappa shape index (κ3) is 3.66. The molecule has 1 aliphatic rings. The van der Waals surface area contributed by atoms with Gasteiger partial charge >= 0.3 is 12.1 Å². The molecule has 0 spiro atoms. The van der Waals surface area contributed by atoms with Crippen molar-refractivity contribution in [1.82, 2.24) is 4.90 Å². The third-order valence-electron chi connectivity index (χ3n) is 3.08. The SMILES string of the molecule is CC(C)(C)[C@@H]1OC(=O)[C@H](I)N1C(=O)OCc1ccccc1. The number of carbonyl (C=O) groups is 2. The van der Waals surface area contributed by atoms with E-state index in [1.54, 1.807) is 0 Å². The molecule has 6 heteroatoms. The van der Waals surface area contributed by atoms with Crippen molar-refractivity contribution in [3.63, 3.8) is 0 Å². The van der Waals surface area contributed by atoms with Crippen LogP contribution in [0.25, 0.3) is 0 Å². The van der Waals surface area contributed by atoms with Crippen molar-refractivity contribution < 1.29 is 19.1 Å². The lowest BCUT2D eigenvalue weighted by atomic mass is 9.94. The Balaban J connectivity index is 2.07. The first kappa shape index (κ1) is 16.1. The average Bonchev–Trinajstić information content (AvgIpc) is 2.74. The molecule has 1 saturated heterocycles. The Morgan fingerprint density at radius 1 is 1.33 bits per heavy atom. The number of halogens is 1. The maximum absolute atomic E-state index is 12.3. The van der Waals surface area contributed by atoms with Gasteiger partial charge in [0.2, 0.25) is 0 Å². The van der Waals surface area contributed by atoms with Crippen LogP contribution in [0.2, 0.25) is 0 Å². The molecule has 114 valence electrons. The predicted octanol–water partition coefficient (Wildman–Crippen LogP) is 3.32. The monoisotopic (exact) mass is 403 g/mol. The van der Waals surface area contributed by atoms with Crippen LogP contribution in [-0.4, -0.2) is 27.2 Å². The third-order valence-corrected chi connectivity index (χ3v) is 4.18. The summed E-state index contributed by atoms with van der Waals surface area (Å²) in [6, 6.07) is 9.41. The molecule has 5 nitrogen and oxygen atoms in total. The fourth-order valence-electron chi connectivity index (χ4n) is 2.03. The first-order valence-electron chi connectivity index (χ1n) is 6.64. The van der Waals surface area contributed by atoms with E-state index in [-0.39, 0.29) is 12.0 Å². The molecule has 1 heterocycles. The molecule has 1 fully saturated rings. The van der Waals surface area contributed by atoms with Gasteiger partial charge in [-0.15, -0.1) is 0 Å². The molecule has 1 aromatic rings. The lowest BCUT2D eigenvalue weighted by Crippen LogP contribution is -2.46. The van der Waals surface area contributed by atoms with E-state index in [1.807, 2.05) is 73.7 Å². The second kappa shape index (κ2) is 6.21. The number of rotatable bonds is 2. The molecule has 0 N–H and O–H groups in total. The molecular weight excluding hydrogens is 385 g/mol. The highest BCUT2D eigenvalue weighted by Gasteiger charge is 2.49. The lowest BCUT2D eigenvalue weighted by molar-refractivity contribution is -0.146. The van der Waals surface area contributed by atoms with Crippen molar-refractivity contribution in [1.29, 1.82) is 0 Å². The van der Waals surface area contributed by atoms with E-state index >= 15 is 0 Å². The van der Waals surface area contributed by atoms with Crippen LogP contribution in [0.3, 0.4) is 0 Å². The molecule has 0 radical (unpaired) electrons. The standard InChI is InChI=1S/C15H18INO4/c1-15(2,3)13-17(11(16)12(18)21-13)14(19)20-9-10-7-5-4-6-8-10/h4-8,11,13H,9H2,1-3H3/t11-,13+/m1/s1. The molecule has 0 aromatic heterocycles. The zero-order valence-electron chi connectivity index (χ0n) is 12.2. The highest BCUT2D eigenvalue weighted by atomic mass is 127. The Kier molecular flexibility index (Phi) is 4.75. The number of ether oxygens (including phenoxy) is 2. The smallest absolute Gasteiger partial charge is 0.414 e. The molecule has 2 atom stereocenters. The summed E-state index contributed by atoms with van der Waals surface area (Å²) in [5.74, 6) is -0.410. The number of amides is 1. The fraction of sp³-hybridized carbons (Fsp3) is 0.467. The number of carbonyl (C=O) groups excluding carboxylic acids is 2. The van der Waals surface area contributed by atoms with Crippen molar-refractivity contribution in [2.24, 2.45) is 5.41 Å². The quantitative estimate of drug-likeness (QED) is 0.329. The summed E-state index contributed by atoms with van der Waals surface area (Å²) in [5.41, 5.74) is 0.524. The summed E-state index contributed by atoms with van der Waals surface area (Å²) in [7, 11) is 0. The number of hydrogen-bond donors (Lipinski definition) is 0. The zero-order valence-corrected chi connectivity index (χ0v) is 14.4. The minimum absolute atomic E-state index is 0.171. The molecular formula is C15H18INO4. The predicted molar refractivity (Wildman–Crippen MR) is 85.6 cm³/mol. The van der Waals surface area contributed by atoms with Gasteiger partial charge in [0, 0.05) is 5.41 Å².